The van der Waals surface area contributed by atoms with Gasteiger partial charge in [-0.25, -0.2) is 4.98 Å². The fourth-order valence-corrected chi connectivity index (χ4v) is 2.16. The number of aromatic nitrogens is 1. The summed E-state index contributed by atoms with van der Waals surface area (Å²) in [6.07, 6.45) is 0. The standard InChI is InChI=1S/C15H13N3O/c1-9-13(10(2)19)14(11-6-4-3-5-7-11)12(8-16)15(17)18-9/h3-7H,1-2H3,(H2,17,18). The molecule has 0 unspecified atom stereocenters. The molecule has 0 spiro atoms. The first-order chi connectivity index (χ1) is 9.06. The Morgan fingerprint density at radius 3 is 2.47 bits per heavy atom. The van der Waals surface area contributed by atoms with Crippen LogP contribution in [-0.4, -0.2) is 10.8 Å². The smallest absolute Gasteiger partial charge is 0.162 e. The lowest BCUT2D eigenvalue weighted by Crippen LogP contribution is -2.08. The van der Waals surface area contributed by atoms with Crippen LogP contribution >= 0.6 is 0 Å². The highest BCUT2D eigenvalue weighted by Crippen LogP contribution is 2.32. The quantitative estimate of drug-likeness (QED) is 0.832. The molecule has 0 aliphatic carbocycles. The molecule has 0 aliphatic rings. The highest BCUT2D eigenvalue weighted by Gasteiger charge is 2.20. The Kier molecular flexibility index (Phi) is 3.30. The molecule has 1 aromatic carbocycles. The van der Waals surface area contributed by atoms with E-state index in [0.29, 0.717) is 16.8 Å². The molecule has 2 N–H and O–H groups in total. The van der Waals surface area contributed by atoms with E-state index < -0.39 is 0 Å². The number of hydrogen-bond acceptors (Lipinski definition) is 4. The van der Waals surface area contributed by atoms with Crippen LogP contribution in [0.15, 0.2) is 30.3 Å². The molecular formula is C15H13N3O. The Morgan fingerprint density at radius 2 is 1.95 bits per heavy atom. The Bertz CT molecular complexity index is 685. The lowest BCUT2D eigenvalue weighted by atomic mass is 9.92. The molecule has 4 nitrogen and oxygen atoms in total. The number of rotatable bonds is 2. The third-order valence-corrected chi connectivity index (χ3v) is 2.93. The molecule has 0 aliphatic heterocycles. The van der Waals surface area contributed by atoms with Crippen LogP contribution < -0.4 is 5.73 Å². The van der Waals surface area contributed by atoms with Crippen LogP contribution in [0.4, 0.5) is 5.82 Å². The average Bonchev–Trinajstić information content (AvgIpc) is 2.38. The molecule has 2 rings (SSSR count). The molecule has 2 aromatic rings. The van der Waals surface area contributed by atoms with Crippen LogP contribution in [0.5, 0.6) is 0 Å². The molecule has 0 fully saturated rings. The van der Waals surface area contributed by atoms with Crippen LogP contribution in [0, 0.1) is 18.3 Å². The molecule has 94 valence electrons. The van der Waals surface area contributed by atoms with Gasteiger partial charge in [0, 0.05) is 11.1 Å². The lowest BCUT2D eigenvalue weighted by Gasteiger charge is -2.13. The molecule has 0 bridgehead atoms. The monoisotopic (exact) mass is 251 g/mol. The predicted octanol–water partition coefficient (Wildman–Crippen LogP) is 2.71. The summed E-state index contributed by atoms with van der Waals surface area (Å²) in [6, 6.07) is 11.3. The normalized spacial score (nSPS) is 9.95. The Balaban J connectivity index is 2.91. The average molecular weight is 251 g/mol. The number of carbonyl (C=O) groups excluding carboxylic acids is 1. The summed E-state index contributed by atoms with van der Waals surface area (Å²) < 4.78 is 0. The first-order valence-corrected chi connectivity index (χ1v) is 5.82. The summed E-state index contributed by atoms with van der Waals surface area (Å²) >= 11 is 0. The van der Waals surface area contributed by atoms with E-state index in [4.69, 9.17) is 5.73 Å². The molecule has 1 heterocycles. The summed E-state index contributed by atoms with van der Waals surface area (Å²) in [5.41, 5.74) is 8.41. The lowest BCUT2D eigenvalue weighted by molar-refractivity contribution is 0.101. The molecule has 0 atom stereocenters. The van der Waals surface area contributed by atoms with Gasteiger partial charge < -0.3 is 5.73 Å². The number of Topliss-reactive ketones (excluding diaryl/α,β-unsaturated/α-hetero) is 1. The third kappa shape index (κ3) is 2.18. The number of nitrogens with zero attached hydrogens (tertiary/aromatic N) is 2. The molecule has 0 amide bonds. The minimum atomic E-state index is -0.125. The summed E-state index contributed by atoms with van der Waals surface area (Å²) in [6.45, 7) is 3.19. The van der Waals surface area contributed by atoms with E-state index in [0.717, 1.165) is 5.56 Å². The number of pyridine rings is 1. The van der Waals surface area contributed by atoms with E-state index in [9.17, 15) is 10.1 Å². The maximum Gasteiger partial charge on any atom is 0.162 e. The van der Waals surface area contributed by atoms with Crippen molar-refractivity contribution >= 4 is 11.6 Å². The number of nitriles is 1. The third-order valence-electron chi connectivity index (χ3n) is 2.93. The van der Waals surface area contributed by atoms with Gasteiger partial charge in [-0.3, -0.25) is 4.79 Å². The topological polar surface area (TPSA) is 79.8 Å². The van der Waals surface area contributed by atoms with Gasteiger partial charge in [-0.15, -0.1) is 0 Å². The molecule has 0 saturated heterocycles. The highest BCUT2D eigenvalue weighted by molar-refractivity contribution is 6.03. The zero-order chi connectivity index (χ0) is 14.0. The van der Waals surface area contributed by atoms with Gasteiger partial charge in [-0.2, -0.15) is 5.26 Å². The number of hydrogen-bond donors (Lipinski definition) is 1. The maximum absolute atomic E-state index is 11.8. The van der Waals surface area contributed by atoms with Gasteiger partial charge in [-0.05, 0) is 19.4 Å². The number of anilines is 1. The van der Waals surface area contributed by atoms with Gasteiger partial charge in [-0.1, -0.05) is 30.3 Å². The molecule has 1 aromatic heterocycles. The summed E-state index contributed by atoms with van der Waals surface area (Å²) in [7, 11) is 0. The van der Waals surface area contributed by atoms with Crippen LogP contribution in [0.2, 0.25) is 0 Å². The summed E-state index contributed by atoms with van der Waals surface area (Å²) in [4.78, 5) is 15.9. The van der Waals surface area contributed by atoms with Crippen molar-refractivity contribution in [3.8, 4) is 17.2 Å². The number of nitrogen functional groups attached to an aromatic ring is 1. The largest absolute Gasteiger partial charge is 0.383 e. The van der Waals surface area contributed by atoms with Crippen LogP contribution in [-0.2, 0) is 0 Å². The Labute approximate surface area is 111 Å². The zero-order valence-electron chi connectivity index (χ0n) is 10.8. The Morgan fingerprint density at radius 1 is 1.32 bits per heavy atom. The van der Waals surface area contributed by atoms with E-state index >= 15 is 0 Å². The molecular weight excluding hydrogens is 238 g/mol. The van der Waals surface area contributed by atoms with E-state index in [2.05, 4.69) is 4.98 Å². The zero-order valence-corrected chi connectivity index (χ0v) is 10.8. The van der Waals surface area contributed by atoms with Gasteiger partial charge in [0.25, 0.3) is 0 Å². The van der Waals surface area contributed by atoms with Crippen molar-refractivity contribution in [2.75, 3.05) is 5.73 Å². The summed E-state index contributed by atoms with van der Waals surface area (Å²) in [5, 5.41) is 9.28. The maximum atomic E-state index is 11.8. The number of ketones is 1. The second-order valence-corrected chi connectivity index (χ2v) is 4.24. The van der Waals surface area contributed by atoms with Crippen molar-refractivity contribution in [2.45, 2.75) is 13.8 Å². The fraction of sp³-hybridized carbons (Fsp3) is 0.133. The van der Waals surface area contributed by atoms with E-state index in [1.807, 2.05) is 36.4 Å². The first kappa shape index (κ1) is 12.8. The van der Waals surface area contributed by atoms with Crippen LogP contribution in [0.1, 0.15) is 28.5 Å². The van der Waals surface area contributed by atoms with E-state index in [1.54, 1.807) is 6.92 Å². The fourth-order valence-electron chi connectivity index (χ4n) is 2.16. The van der Waals surface area contributed by atoms with Crippen LogP contribution in [0.3, 0.4) is 0 Å². The number of aryl methyl sites for hydroxylation is 1. The van der Waals surface area contributed by atoms with E-state index in [1.165, 1.54) is 6.92 Å². The molecule has 0 radical (unpaired) electrons. The minimum absolute atomic E-state index is 0.125. The van der Waals surface area contributed by atoms with Gasteiger partial charge in [0.15, 0.2) is 5.78 Å². The van der Waals surface area contributed by atoms with Crippen LogP contribution in [0.25, 0.3) is 11.1 Å². The van der Waals surface area contributed by atoms with E-state index in [-0.39, 0.29) is 17.2 Å². The number of nitrogens with two attached hydrogens (primary N) is 1. The molecule has 19 heavy (non-hydrogen) atoms. The van der Waals surface area contributed by atoms with Crippen molar-refractivity contribution < 1.29 is 4.79 Å². The number of benzene rings is 1. The predicted molar refractivity (Wildman–Crippen MR) is 73.5 cm³/mol. The van der Waals surface area contributed by atoms with Gasteiger partial charge >= 0.3 is 0 Å². The highest BCUT2D eigenvalue weighted by atomic mass is 16.1. The van der Waals surface area contributed by atoms with Crippen molar-refractivity contribution in [1.29, 1.82) is 5.26 Å². The second-order valence-electron chi connectivity index (χ2n) is 4.24. The molecule has 4 heteroatoms. The van der Waals surface area contributed by atoms with Crippen molar-refractivity contribution in [1.82, 2.24) is 4.98 Å². The minimum Gasteiger partial charge on any atom is -0.383 e. The van der Waals surface area contributed by atoms with Gasteiger partial charge in [0.1, 0.15) is 17.5 Å². The number of carbonyl (C=O) groups is 1. The van der Waals surface area contributed by atoms with Crippen molar-refractivity contribution in [3.05, 3.63) is 47.2 Å². The second kappa shape index (κ2) is 4.91. The van der Waals surface area contributed by atoms with Crippen molar-refractivity contribution in [3.63, 3.8) is 0 Å². The Hall–Kier alpha value is -2.67. The SMILES string of the molecule is CC(=O)c1c(C)nc(N)c(C#N)c1-c1ccccc1. The van der Waals surface area contributed by atoms with Crippen molar-refractivity contribution in [2.24, 2.45) is 0 Å². The van der Waals surface area contributed by atoms with Gasteiger partial charge in [0.2, 0.25) is 0 Å². The summed E-state index contributed by atoms with van der Waals surface area (Å²) in [5.74, 6) is 0.0317. The van der Waals surface area contributed by atoms with Gasteiger partial charge in [0.05, 0.1) is 5.69 Å². The molecule has 0 saturated carbocycles. The first-order valence-electron chi connectivity index (χ1n) is 5.82.